The van der Waals surface area contributed by atoms with Gasteiger partial charge in [-0.1, -0.05) is 62.3 Å². The molecule has 0 spiro atoms. The molecule has 0 aliphatic heterocycles. The minimum absolute atomic E-state index is 0. The zero-order valence-electron chi connectivity index (χ0n) is 12.2. The van der Waals surface area contributed by atoms with Gasteiger partial charge in [0.2, 0.25) is 0 Å². The first-order valence-electron chi connectivity index (χ1n) is 5.11. The van der Waals surface area contributed by atoms with Gasteiger partial charge in [-0.25, -0.2) is 0 Å². The average Bonchev–Trinajstić information content (AvgIpc) is 1.41. The third-order valence-electron chi connectivity index (χ3n) is 0. The van der Waals surface area contributed by atoms with Crippen LogP contribution in [-0.4, -0.2) is 16.8 Å². The van der Waals surface area contributed by atoms with Crippen molar-refractivity contribution in [3.63, 3.8) is 0 Å². The van der Waals surface area contributed by atoms with Gasteiger partial charge in [-0.2, -0.15) is 0 Å². The molecule has 0 unspecified atom stereocenters. The molecule has 4 heteroatoms. The molecular formula is C12H27CeO3. The Morgan fingerprint density at radius 2 is 0.438 bits per heavy atom. The van der Waals surface area contributed by atoms with E-state index in [9.17, 15) is 15.3 Å². The molecule has 0 aromatic rings. The van der Waals surface area contributed by atoms with E-state index in [1.807, 2.05) is 0 Å². The second-order valence-corrected chi connectivity index (χ2v) is 6.34. The van der Waals surface area contributed by atoms with Crippen LogP contribution >= 0.6 is 0 Å². The Morgan fingerprint density at radius 1 is 0.438 bits per heavy atom. The monoisotopic (exact) mass is 359 g/mol. The van der Waals surface area contributed by atoms with E-state index < -0.39 is 16.8 Å². The number of hydrogen-bond donors (Lipinski definition) is 0. The Kier molecular flexibility index (Phi) is 16.6. The zero-order chi connectivity index (χ0) is 13.5. The van der Waals surface area contributed by atoms with E-state index >= 15 is 0 Å². The molecule has 3 nitrogen and oxygen atoms in total. The van der Waals surface area contributed by atoms with Crippen LogP contribution in [0.4, 0.5) is 0 Å². The first-order chi connectivity index (χ1) is 6.00. The first-order valence-corrected chi connectivity index (χ1v) is 5.11. The molecule has 0 aliphatic rings. The van der Waals surface area contributed by atoms with Crippen LogP contribution in [0.1, 0.15) is 62.3 Å². The average molecular weight is 359 g/mol. The minimum atomic E-state index is -0.750. The number of rotatable bonds is 0. The van der Waals surface area contributed by atoms with E-state index in [0.717, 1.165) is 0 Å². The van der Waals surface area contributed by atoms with Crippen molar-refractivity contribution in [3.8, 4) is 0 Å². The fraction of sp³-hybridized carbons (Fsp3) is 1.00. The maximum Gasteiger partial charge on any atom is 3.00 e. The summed E-state index contributed by atoms with van der Waals surface area (Å²) in [7, 11) is 0. The summed E-state index contributed by atoms with van der Waals surface area (Å²) in [4.78, 5) is 0. The molecule has 0 rings (SSSR count). The molecule has 0 amide bonds. The van der Waals surface area contributed by atoms with Crippen LogP contribution in [0.3, 0.4) is 0 Å². The van der Waals surface area contributed by atoms with Crippen molar-refractivity contribution < 1.29 is 57.1 Å². The van der Waals surface area contributed by atoms with Gasteiger partial charge in [0, 0.05) is 0 Å². The van der Waals surface area contributed by atoms with Crippen molar-refractivity contribution in [1.82, 2.24) is 0 Å². The molecule has 97 valence electrons. The van der Waals surface area contributed by atoms with Crippen molar-refractivity contribution in [2.24, 2.45) is 0 Å². The molecule has 0 bridgehead atoms. The van der Waals surface area contributed by atoms with Crippen molar-refractivity contribution in [3.05, 3.63) is 0 Å². The van der Waals surface area contributed by atoms with Gasteiger partial charge < -0.3 is 15.3 Å². The summed E-state index contributed by atoms with van der Waals surface area (Å²) < 4.78 is 0. The van der Waals surface area contributed by atoms with Crippen LogP contribution in [0.25, 0.3) is 0 Å². The topological polar surface area (TPSA) is 69.2 Å². The summed E-state index contributed by atoms with van der Waals surface area (Å²) >= 11 is 0. The molecule has 1 radical (unpaired) electrons. The molecule has 0 atom stereocenters. The van der Waals surface area contributed by atoms with E-state index in [-0.39, 0.29) is 41.7 Å². The summed E-state index contributed by atoms with van der Waals surface area (Å²) in [6, 6.07) is 0. The molecule has 16 heavy (non-hydrogen) atoms. The Labute approximate surface area is 135 Å². The van der Waals surface area contributed by atoms with E-state index in [1.165, 1.54) is 0 Å². The zero-order valence-corrected chi connectivity index (χ0v) is 15.4. The van der Waals surface area contributed by atoms with Crippen LogP contribution in [0, 0.1) is 41.7 Å². The van der Waals surface area contributed by atoms with Gasteiger partial charge >= 0.3 is 41.7 Å². The van der Waals surface area contributed by atoms with E-state index in [1.54, 1.807) is 62.3 Å². The Morgan fingerprint density at radius 3 is 0.438 bits per heavy atom. The Bertz CT molecular complexity index is 91.3. The molecule has 0 heterocycles. The predicted molar refractivity (Wildman–Crippen MR) is 59.3 cm³/mol. The third-order valence-corrected chi connectivity index (χ3v) is 0. The fourth-order valence-electron chi connectivity index (χ4n) is 0. The molecule has 0 N–H and O–H groups in total. The maximum atomic E-state index is 10.1. The van der Waals surface area contributed by atoms with Crippen molar-refractivity contribution >= 4 is 0 Å². The van der Waals surface area contributed by atoms with Crippen LogP contribution in [0.5, 0.6) is 0 Å². The quantitative estimate of drug-likeness (QED) is 0.630. The number of hydrogen-bond acceptors (Lipinski definition) is 3. The van der Waals surface area contributed by atoms with E-state index in [0.29, 0.717) is 0 Å². The molecule has 0 saturated heterocycles. The summed E-state index contributed by atoms with van der Waals surface area (Å²) in [5.74, 6) is 0. The second-order valence-electron chi connectivity index (χ2n) is 6.34. The van der Waals surface area contributed by atoms with Crippen molar-refractivity contribution in [1.29, 1.82) is 0 Å². The second kappa shape index (κ2) is 10.2. The van der Waals surface area contributed by atoms with Crippen molar-refractivity contribution in [2.75, 3.05) is 0 Å². The van der Waals surface area contributed by atoms with Gasteiger partial charge in [-0.15, -0.1) is 16.8 Å². The summed E-state index contributed by atoms with van der Waals surface area (Å²) in [6.45, 7) is 14.7. The molecule has 0 fully saturated rings. The molecule has 0 aromatic carbocycles. The Hall–Kier alpha value is 1.26. The molecule has 0 saturated carbocycles. The largest absolute Gasteiger partial charge is 3.00 e. The van der Waals surface area contributed by atoms with Gasteiger partial charge in [0.25, 0.3) is 0 Å². The normalized spacial score (nSPS) is 11.2. The first kappa shape index (κ1) is 26.0. The van der Waals surface area contributed by atoms with Crippen molar-refractivity contribution in [2.45, 2.75) is 79.1 Å². The van der Waals surface area contributed by atoms with Gasteiger partial charge in [0.15, 0.2) is 0 Å². The Balaban J connectivity index is -0.0000000655. The van der Waals surface area contributed by atoms with E-state index in [2.05, 4.69) is 0 Å². The molecule has 0 aliphatic carbocycles. The molecule has 0 aromatic heterocycles. The van der Waals surface area contributed by atoms with Crippen LogP contribution in [0.2, 0.25) is 0 Å². The van der Waals surface area contributed by atoms with Gasteiger partial charge in [0.05, 0.1) is 0 Å². The summed E-state index contributed by atoms with van der Waals surface area (Å²) in [5.41, 5.74) is -2.25. The summed E-state index contributed by atoms with van der Waals surface area (Å²) in [5, 5.41) is 30.3. The minimum Gasteiger partial charge on any atom is -0.850 e. The summed E-state index contributed by atoms with van der Waals surface area (Å²) in [6.07, 6.45) is 0. The third kappa shape index (κ3) is 1960. The van der Waals surface area contributed by atoms with Crippen LogP contribution < -0.4 is 15.3 Å². The van der Waals surface area contributed by atoms with Gasteiger partial charge in [0.1, 0.15) is 0 Å². The van der Waals surface area contributed by atoms with Crippen LogP contribution in [0.15, 0.2) is 0 Å². The van der Waals surface area contributed by atoms with Crippen LogP contribution in [-0.2, 0) is 0 Å². The van der Waals surface area contributed by atoms with Gasteiger partial charge in [-0.3, -0.25) is 0 Å². The van der Waals surface area contributed by atoms with Gasteiger partial charge in [-0.05, 0) is 0 Å². The molecular weight excluding hydrogens is 332 g/mol. The smallest absolute Gasteiger partial charge is 0.850 e. The SMILES string of the molecule is CC(C)(C)[O-].CC(C)(C)[O-].CC(C)(C)[O-].[Ce+3]. The predicted octanol–water partition coefficient (Wildman–Crippen LogP) is 0.436. The maximum absolute atomic E-state index is 10.1. The van der Waals surface area contributed by atoms with E-state index in [4.69, 9.17) is 0 Å². The standard InChI is InChI=1S/3C4H9O.Ce/c3*1-4(2,3)5;/h3*1-3H3;/q3*-1;+3. The fourth-order valence-corrected chi connectivity index (χ4v) is 0.